The first-order valence-electron chi connectivity index (χ1n) is 6.93. The Morgan fingerprint density at radius 1 is 1.18 bits per heavy atom. The van der Waals surface area contributed by atoms with Crippen LogP contribution in [0.2, 0.25) is 0 Å². The van der Waals surface area contributed by atoms with Crippen LogP contribution in [-0.2, 0) is 0 Å². The summed E-state index contributed by atoms with van der Waals surface area (Å²) in [5.74, 6) is 1.42. The Bertz CT molecular complexity index is 675. The number of carbonyl (C=O) groups excluding carboxylic acids is 1. The Hall–Kier alpha value is -2.07. The molecule has 0 unspecified atom stereocenters. The zero-order valence-corrected chi connectivity index (χ0v) is 14.1. The molecule has 0 aromatic heterocycles. The van der Waals surface area contributed by atoms with Crippen LogP contribution in [0.4, 0.5) is 0 Å². The van der Waals surface area contributed by atoms with Gasteiger partial charge in [-0.2, -0.15) is 0 Å². The normalized spacial score (nSPS) is 10.7. The molecule has 0 saturated carbocycles. The summed E-state index contributed by atoms with van der Waals surface area (Å²) < 4.78 is 11.6. The Morgan fingerprint density at radius 2 is 1.91 bits per heavy atom. The standard InChI is InChI=1S/C18H17BrO3/c1-3-22-16-8-4-13(5-9-16)17(20)10-6-14-12-15(19)7-11-18(14)21-2/h4-12H,3H2,1-2H3. The van der Waals surface area contributed by atoms with Crippen molar-refractivity contribution in [3.8, 4) is 11.5 Å². The van der Waals surface area contributed by atoms with Crippen molar-refractivity contribution < 1.29 is 14.3 Å². The largest absolute Gasteiger partial charge is 0.496 e. The van der Waals surface area contributed by atoms with Crippen LogP contribution in [0.1, 0.15) is 22.8 Å². The van der Waals surface area contributed by atoms with Gasteiger partial charge in [0.05, 0.1) is 13.7 Å². The first kappa shape index (κ1) is 16.3. The number of halogens is 1. The van der Waals surface area contributed by atoms with Crippen molar-refractivity contribution in [3.63, 3.8) is 0 Å². The lowest BCUT2D eigenvalue weighted by Gasteiger charge is -2.05. The molecule has 2 rings (SSSR count). The van der Waals surface area contributed by atoms with Crippen molar-refractivity contribution in [2.75, 3.05) is 13.7 Å². The van der Waals surface area contributed by atoms with Crippen molar-refractivity contribution in [1.29, 1.82) is 0 Å². The Balaban J connectivity index is 2.15. The third kappa shape index (κ3) is 4.21. The Kier molecular flexibility index (Phi) is 5.78. The van der Waals surface area contributed by atoms with Gasteiger partial charge in [0.15, 0.2) is 5.78 Å². The van der Waals surface area contributed by atoms with Crippen LogP contribution in [-0.4, -0.2) is 19.5 Å². The second-order valence-electron chi connectivity index (χ2n) is 4.54. The number of rotatable bonds is 6. The molecule has 0 aliphatic heterocycles. The van der Waals surface area contributed by atoms with Gasteiger partial charge in [0.1, 0.15) is 11.5 Å². The highest BCUT2D eigenvalue weighted by atomic mass is 79.9. The zero-order valence-electron chi connectivity index (χ0n) is 12.5. The van der Waals surface area contributed by atoms with Gasteiger partial charge < -0.3 is 9.47 Å². The summed E-state index contributed by atoms with van der Waals surface area (Å²) in [5.41, 5.74) is 1.46. The number of ketones is 1. The number of ether oxygens (including phenoxy) is 2. The van der Waals surface area contributed by atoms with E-state index in [2.05, 4.69) is 15.9 Å². The number of methoxy groups -OCH3 is 1. The van der Waals surface area contributed by atoms with E-state index < -0.39 is 0 Å². The van der Waals surface area contributed by atoms with Gasteiger partial charge in [-0.1, -0.05) is 15.9 Å². The lowest BCUT2D eigenvalue weighted by atomic mass is 10.1. The number of carbonyl (C=O) groups is 1. The maximum atomic E-state index is 12.2. The molecular formula is C18H17BrO3. The van der Waals surface area contributed by atoms with E-state index in [1.807, 2.05) is 25.1 Å². The van der Waals surface area contributed by atoms with Crippen molar-refractivity contribution in [2.45, 2.75) is 6.92 Å². The summed E-state index contributed by atoms with van der Waals surface area (Å²) >= 11 is 3.41. The van der Waals surface area contributed by atoms with Crippen molar-refractivity contribution in [3.05, 3.63) is 64.1 Å². The van der Waals surface area contributed by atoms with Gasteiger partial charge in [0.2, 0.25) is 0 Å². The van der Waals surface area contributed by atoms with Crippen LogP contribution in [0.5, 0.6) is 11.5 Å². The van der Waals surface area contributed by atoms with E-state index >= 15 is 0 Å². The van der Waals surface area contributed by atoms with Crippen molar-refractivity contribution in [1.82, 2.24) is 0 Å². The molecule has 4 heteroatoms. The molecule has 3 nitrogen and oxygen atoms in total. The molecule has 0 saturated heterocycles. The average Bonchev–Trinajstić information content (AvgIpc) is 2.54. The molecule has 0 bridgehead atoms. The SMILES string of the molecule is CCOc1ccc(C(=O)C=Cc2cc(Br)ccc2OC)cc1. The van der Waals surface area contributed by atoms with Gasteiger partial charge in [-0.25, -0.2) is 0 Å². The van der Waals surface area contributed by atoms with Crippen molar-refractivity contribution >= 4 is 27.8 Å². The smallest absolute Gasteiger partial charge is 0.185 e. The molecule has 0 N–H and O–H groups in total. The van der Waals surface area contributed by atoms with Gasteiger partial charge in [-0.15, -0.1) is 0 Å². The molecule has 0 aliphatic carbocycles. The summed E-state index contributed by atoms with van der Waals surface area (Å²) in [6, 6.07) is 12.8. The minimum atomic E-state index is -0.0647. The predicted octanol–water partition coefficient (Wildman–Crippen LogP) is 4.75. The highest BCUT2D eigenvalue weighted by Gasteiger charge is 2.04. The fourth-order valence-electron chi connectivity index (χ4n) is 1.98. The summed E-state index contributed by atoms with van der Waals surface area (Å²) in [5, 5.41) is 0. The first-order chi connectivity index (χ1) is 10.6. The topological polar surface area (TPSA) is 35.5 Å². The van der Waals surface area contributed by atoms with Crippen LogP contribution in [0, 0.1) is 0 Å². The Labute approximate surface area is 138 Å². The minimum absolute atomic E-state index is 0.0647. The van der Waals surface area contributed by atoms with E-state index in [9.17, 15) is 4.79 Å². The number of hydrogen-bond acceptors (Lipinski definition) is 3. The lowest BCUT2D eigenvalue weighted by molar-refractivity contribution is 0.104. The van der Waals surface area contributed by atoms with Crippen LogP contribution < -0.4 is 9.47 Å². The molecule has 0 heterocycles. The molecule has 0 amide bonds. The zero-order chi connectivity index (χ0) is 15.9. The molecule has 0 fully saturated rings. The highest BCUT2D eigenvalue weighted by molar-refractivity contribution is 9.10. The van der Waals surface area contributed by atoms with E-state index in [1.165, 1.54) is 0 Å². The van der Waals surface area contributed by atoms with E-state index in [4.69, 9.17) is 9.47 Å². The van der Waals surface area contributed by atoms with Crippen LogP contribution >= 0.6 is 15.9 Å². The first-order valence-corrected chi connectivity index (χ1v) is 7.72. The maximum Gasteiger partial charge on any atom is 0.185 e. The van der Waals surface area contributed by atoms with E-state index in [0.29, 0.717) is 12.2 Å². The number of benzene rings is 2. The fraction of sp³-hybridized carbons (Fsp3) is 0.167. The maximum absolute atomic E-state index is 12.2. The molecule has 0 aliphatic rings. The second kappa shape index (κ2) is 7.80. The molecule has 0 atom stereocenters. The van der Waals surface area contributed by atoms with Crippen molar-refractivity contribution in [2.24, 2.45) is 0 Å². The fourth-order valence-corrected chi connectivity index (χ4v) is 2.36. The van der Waals surface area contributed by atoms with E-state index in [0.717, 1.165) is 21.5 Å². The lowest BCUT2D eigenvalue weighted by Crippen LogP contribution is -1.96. The number of hydrogen-bond donors (Lipinski definition) is 0. The van der Waals surface area contributed by atoms with Crippen LogP contribution in [0.25, 0.3) is 6.08 Å². The summed E-state index contributed by atoms with van der Waals surface area (Å²) in [6.07, 6.45) is 3.29. The molecule has 22 heavy (non-hydrogen) atoms. The highest BCUT2D eigenvalue weighted by Crippen LogP contribution is 2.24. The summed E-state index contributed by atoms with van der Waals surface area (Å²) in [4.78, 5) is 12.2. The van der Waals surface area contributed by atoms with Crippen LogP contribution in [0.15, 0.2) is 53.0 Å². The van der Waals surface area contributed by atoms with Gasteiger partial charge in [-0.3, -0.25) is 4.79 Å². The van der Waals surface area contributed by atoms with Gasteiger partial charge in [-0.05, 0) is 61.5 Å². The van der Waals surface area contributed by atoms with Gasteiger partial charge in [0, 0.05) is 15.6 Å². The molecule has 0 radical (unpaired) electrons. The minimum Gasteiger partial charge on any atom is -0.496 e. The molecular weight excluding hydrogens is 344 g/mol. The quantitative estimate of drug-likeness (QED) is 0.550. The third-order valence-electron chi connectivity index (χ3n) is 3.06. The predicted molar refractivity (Wildman–Crippen MR) is 91.7 cm³/mol. The summed E-state index contributed by atoms with van der Waals surface area (Å²) in [6.45, 7) is 2.53. The van der Waals surface area contributed by atoms with E-state index in [1.54, 1.807) is 43.5 Å². The average molecular weight is 361 g/mol. The van der Waals surface area contributed by atoms with E-state index in [-0.39, 0.29) is 5.78 Å². The van der Waals surface area contributed by atoms with Gasteiger partial charge >= 0.3 is 0 Å². The van der Waals surface area contributed by atoms with Crippen LogP contribution in [0.3, 0.4) is 0 Å². The molecule has 2 aromatic rings. The van der Waals surface area contributed by atoms with Gasteiger partial charge in [0.25, 0.3) is 0 Å². The number of allylic oxidation sites excluding steroid dienone is 1. The molecule has 114 valence electrons. The molecule has 0 spiro atoms. The monoisotopic (exact) mass is 360 g/mol. The Morgan fingerprint density at radius 3 is 2.55 bits per heavy atom. The second-order valence-corrected chi connectivity index (χ2v) is 5.46. The third-order valence-corrected chi connectivity index (χ3v) is 3.55. The summed E-state index contributed by atoms with van der Waals surface area (Å²) in [7, 11) is 1.61. The molecule has 2 aromatic carbocycles.